The van der Waals surface area contributed by atoms with Crippen molar-refractivity contribution >= 4 is 23.9 Å². The molecule has 0 aliphatic rings. The van der Waals surface area contributed by atoms with Gasteiger partial charge >= 0.3 is 23.9 Å². The van der Waals surface area contributed by atoms with E-state index in [2.05, 4.69) is 38.2 Å². The number of esters is 4. The molecule has 0 N–H and O–H groups in total. The Balaban J connectivity index is 2.00. The number of ether oxygens (including phenoxy) is 4. The lowest BCUT2D eigenvalue weighted by Crippen LogP contribution is -2.13. The Morgan fingerprint density at radius 2 is 0.978 bits per heavy atom. The molecule has 8 nitrogen and oxygen atoms in total. The van der Waals surface area contributed by atoms with E-state index in [0.717, 1.165) is 0 Å². The van der Waals surface area contributed by atoms with E-state index in [1.54, 1.807) is 0 Å². The fourth-order valence-electron chi connectivity index (χ4n) is 3.35. The molecule has 3 rings (SSSR count). The molecule has 0 amide bonds. The summed E-state index contributed by atoms with van der Waals surface area (Å²) in [5.41, 5.74) is 0.116. The zero-order valence-corrected chi connectivity index (χ0v) is 25.5. The maximum Gasteiger partial charge on any atom is 0.338 e. The van der Waals surface area contributed by atoms with Crippen molar-refractivity contribution in [2.45, 2.75) is 27.7 Å². The third-order valence-electron chi connectivity index (χ3n) is 5.83. The Morgan fingerprint density at radius 3 is 1.46 bits per heavy atom. The van der Waals surface area contributed by atoms with Crippen LogP contribution in [0.3, 0.4) is 0 Å². The maximum absolute atomic E-state index is 15.4. The SMILES string of the molecule is C=C(C)C(=O)Oc1ccc(C#Cc2ccc(-c3ccc(OC(=O)C(=C)C)c(OC(=O)C(=C)C)c3)c(F)c2F)cc1OC(=O)C(=C)C. The van der Waals surface area contributed by atoms with E-state index in [0.29, 0.717) is 0 Å². The second kappa shape index (κ2) is 14.6. The third kappa shape index (κ3) is 8.51. The molecule has 3 aromatic rings. The molecule has 0 radical (unpaired) electrons. The van der Waals surface area contributed by atoms with Crippen LogP contribution in [-0.4, -0.2) is 23.9 Å². The van der Waals surface area contributed by atoms with Crippen LogP contribution in [-0.2, 0) is 19.2 Å². The maximum atomic E-state index is 15.4. The van der Waals surface area contributed by atoms with E-state index in [4.69, 9.17) is 18.9 Å². The molecule has 0 saturated heterocycles. The van der Waals surface area contributed by atoms with Gasteiger partial charge in [-0.3, -0.25) is 0 Å². The summed E-state index contributed by atoms with van der Waals surface area (Å²) in [6.07, 6.45) is 0. The predicted molar refractivity (Wildman–Crippen MR) is 166 cm³/mol. The Hall–Kier alpha value is -6.08. The summed E-state index contributed by atoms with van der Waals surface area (Å²) in [6, 6.07) is 10.3. The number of carbonyl (C=O) groups is 4. The van der Waals surface area contributed by atoms with E-state index >= 15 is 8.78 Å². The van der Waals surface area contributed by atoms with Crippen LogP contribution in [0, 0.1) is 23.5 Å². The number of rotatable bonds is 9. The molecule has 3 aromatic carbocycles. The first-order chi connectivity index (χ1) is 21.6. The quantitative estimate of drug-likeness (QED) is 0.109. The summed E-state index contributed by atoms with van der Waals surface area (Å²) in [5.74, 6) is -1.14. The summed E-state index contributed by atoms with van der Waals surface area (Å²) in [5, 5.41) is 0. The van der Waals surface area contributed by atoms with Gasteiger partial charge < -0.3 is 18.9 Å². The van der Waals surface area contributed by atoms with Gasteiger partial charge in [-0.05, 0) is 69.7 Å². The minimum absolute atomic E-state index is 0.0475. The summed E-state index contributed by atoms with van der Waals surface area (Å²) >= 11 is 0. The van der Waals surface area contributed by atoms with Gasteiger partial charge in [0.1, 0.15) is 0 Å². The highest BCUT2D eigenvalue weighted by molar-refractivity contribution is 5.92. The second-order valence-corrected chi connectivity index (χ2v) is 10.0. The minimum atomic E-state index is -1.27. The van der Waals surface area contributed by atoms with Gasteiger partial charge in [-0.25, -0.2) is 28.0 Å². The first-order valence-electron chi connectivity index (χ1n) is 13.4. The Bertz CT molecular complexity index is 1910. The molecule has 0 fully saturated rings. The van der Waals surface area contributed by atoms with Crippen LogP contribution in [0.5, 0.6) is 23.0 Å². The van der Waals surface area contributed by atoms with Crippen LogP contribution >= 0.6 is 0 Å². The van der Waals surface area contributed by atoms with Crippen LogP contribution in [0.25, 0.3) is 11.1 Å². The minimum Gasteiger partial charge on any atom is -0.419 e. The first-order valence-corrected chi connectivity index (χ1v) is 13.4. The van der Waals surface area contributed by atoms with Gasteiger partial charge in [0.25, 0.3) is 0 Å². The molecule has 0 aromatic heterocycles. The third-order valence-corrected chi connectivity index (χ3v) is 5.83. The molecule has 234 valence electrons. The van der Waals surface area contributed by atoms with Crippen molar-refractivity contribution in [2.75, 3.05) is 0 Å². The fraction of sp³-hybridized carbons (Fsp3) is 0.111. The van der Waals surface area contributed by atoms with Crippen molar-refractivity contribution in [1.82, 2.24) is 0 Å². The molecule has 0 unspecified atom stereocenters. The van der Waals surface area contributed by atoms with E-state index in [-0.39, 0.29) is 67.5 Å². The largest absolute Gasteiger partial charge is 0.419 e. The Kier molecular flexibility index (Phi) is 10.9. The van der Waals surface area contributed by atoms with Crippen LogP contribution in [0.1, 0.15) is 38.8 Å². The predicted octanol–water partition coefficient (Wildman–Crippen LogP) is 6.96. The van der Waals surface area contributed by atoms with Crippen LogP contribution < -0.4 is 18.9 Å². The summed E-state index contributed by atoms with van der Waals surface area (Å²) in [7, 11) is 0. The average molecular weight is 627 g/mol. The smallest absolute Gasteiger partial charge is 0.338 e. The lowest BCUT2D eigenvalue weighted by Gasteiger charge is -2.13. The zero-order valence-electron chi connectivity index (χ0n) is 25.5. The van der Waals surface area contributed by atoms with Crippen LogP contribution in [0.15, 0.2) is 97.1 Å². The van der Waals surface area contributed by atoms with Crippen molar-refractivity contribution in [2.24, 2.45) is 0 Å². The summed E-state index contributed by atoms with van der Waals surface area (Å²) in [6.45, 7) is 19.7. The highest BCUT2D eigenvalue weighted by Gasteiger charge is 2.20. The van der Waals surface area contributed by atoms with Gasteiger partial charge in [-0.2, -0.15) is 0 Å². The summed E-state index contributed by atoms with van der Waals surface area (Å²) in [4.78, 5) is 48.4. The van der Waals surface area contributed by atoms with Gasteiger partial charge in [0, 0.05) is 39.5 Å². The van der Waals surface area contributed by atoms with Crippen molar-refractivity contribution in [3.05, 3.63) is 120 Å². The summed E-state index contributed by atoms with van der Waals surface area (Å²) < 4.78 is 51.5. The lowest BCUT2D eigenvalue weighted by atomic mass is 10.0. The number of hydrogen-bond acceptors (Lipinski definition) is 8. The van der Waals surface area contributed by atoms with Crippen molar-refractivity contribution < 1.29 is 46.9 Å². The van der Waals surface area contributed by atoms with Gasteiger partial charge in [-0.1, -0.05) is 44.2 Å². The molecule has 0 aliphatic heterocycles. The lowest BCUT2D eigenvalue weighted by molar-refractivity contribution is -0.132. The van der Waals surface area contributed by atoms with Gasteiger partial charge in [0.05, 0.1) is 5.56 Å². The zero-order chi connectivity index (χ0) is 34.3. The van der Waals surface area contributed by atoms with E-state index in [9.17, 15) is 19.2 Å². The fourth-order valence-corrected chi connectivity index (χ4v) is 3.35. The van der Waals surface area contributed by atoms with Crippen molar-refractivity contribution in [3.63, 3.8) is 0 Å². The molecule has 0 aliphatic carbocycles. The van der Waals surface area contributed by atoms with Crippen molar-refractivity contribution in [1.29, 1.82) is 0 Å². The van der Waals surface area contributed by atoms with Crippen molar-refractivity contribution in [3.8, 4) is 46.0 Å². The highest BCUT2D eigenvalue weighted by atomic mass is 19.2. The van der Waals surface area contributed by atoms with E-state index in [1.807, 2.05) is 0 Å². The van der Waals surface area contributed by atoms with Gasteiger partial charge in [-0.15, -0.1) is 0 Å². The van der Waals surface area contributed by atoms with Crippen LogP contribution in [0.2, 0.25) is 0 Å². The van der Waals surface area contributed by atoms with E-state index in [1.165, 1.54) is 76.2 Å². The number of carbonyl (C=O) groups excluding carboxylic acids is 4. The molecule has 46 heavy (non-hydrogen) atoms. The number of hydrogen-bond donors (Lipinski definition) is 0. The average Bonchev–Trinajstić information content (AvgIpc) is 2.99. The molecule has 0 bridgehead atoms. The van der Waals surface area contributed by atoms with Gasteiger partial charge in [0.2, 0.25) is 0 Å². The highest BCUT2D eigenvalue weighted by Crippen LogP contribution is 2.36. The first kappa shape index (κ1) is 34.4. The molecule has 0 heterocycles. The molecule has 10 heteroatoms. The molecule has 0 saturated carbocycles. The number of halogens is 2. The normalized spacial score (nSPS) is 10.0. The topological polar surface area (TPSA) is 105 Å². The number of benzene rings is 3. The molecule has 0 atom stereocenters. The van der Waals surface area contributed by atoms with E-state index < -0.39 is 35.5 Å². The molecule has 0 spiro atoms. The standard InChI is InChI=1S/C36H28F2O8/c1-19(2)33(39)43-27-15-10-23(17-29(27)45-35(41)21(5)6)9-11-24-12-14-26(32(38)31(24)37)25-13-16-28(44-34(40)20(3)4)30(18-25)46-36(42)22(7)8/h10,12-18H,1,3,5,7H2,2,4,6,8H3. The second-order valence-electron chi connectivity index (χ2n) is 10.0. The van der Waals surface area contributed by atoms with Crippen LogP contribution in [0.4, 0.5) is 8.78 Å². The molecular weight excluding hydrogens is 598 g/mol. The Labute approximate surface area is 264 Å². The Morgan fingerprint density at radius 1 is 0.543 bits per heavy atom. The van der Waals surface area contributed by atoms with Gasteiger partial charge in [0.15, 0.2) is 34.6 Å². The molecular formula is C36H28F2O8. The monoisotopic (exact) mass is 626 g/mol.